The summed E-state index contributed by atoms with van der Waals surface area (Å²) in [5.41, 5.74) is 0. The van der Waals surface area contributed by atoms with E-state index in [1.165, 1.54) is 19.4 Å². The first kappa shape index (κ1) is 12.9. The van der Waals surface area contributed by atoms with Crippen molar-refractivity contribution < 1.29 is 4.74 Å². The Labute approximate surface area is 94.2 Å². The van der Waals surface area contributed by atoms with Crippen LogP contribution in [0.15, 0.2) is 0 Å². The van der Waals surface area contributed by atoms with Crippen molar-refractivity contribution in [2.24, 2.45) is 5.92 Å². The average molecular weight is 214 g/mol. The molecule has 1 aliphatic rings. The second-order valence-corrected chi connectivity index (χ2v) is 4.68. The van der Waals surface area contributed by atoms with Gasteiger partial charge in [-0.05, 0) is 39.3 Å². The summed E-state index contributed by atoms with van der Waals surface area (Å²) in [6.07, 6.45) is 2.57. The highest BCUT2D eigenvalue weighted by Gasteiger charge is 2.18. The van der Waals surface area contributed by atoms with Crippen molar-refractivity contribution in [3.63, 3.8) is 0 Å². The van der Waals surface area contributed by atoms with Crippen LogP contribution in [0, 0.1) is 5.92 Å². The maximum Gasteiger partial charge on any atom is 0.0506 e. The predicted molar refractivity (Wildman–Crippen MR) is 64.2 cm³/mol. The lowest BCUT2D eigenvalue weighted by molar-refractivity contribution is 0.0373. The minimum absolute atomic E-state index is 0.617. The van der Waals surface area contributed by atoms with Crippen molar-refractivity contribution in [3.8, 4) is 0 Å². The van der Waals surface area contributed by atoms with Crippen LogP contribution in [0.1, 0.15) is 26.7 Å². The van der Waals surface area contributed by atoms with Gasteiger partial charge < -0.3 is 15.0 Å². The minimum Gasteiger partial charge on any atom is -0.381 e. The molecule has 1 fully saturated rings. The molecular formula is C12H26N2O. The number of ether oxygens (including phenoxy) is 1. The van der Waals surface area contributed by atoms with Gasteiger partial charge in [0, 0.05) is 25.7 Å². The molecule has 0 aromatic rings. The molecule has 0 amide bonds. The number of nitrogens with one attached hydrogen (secondary N) is 1. The molecule has 0 aliphatic carbocycles. The number of rotatable bonds is 6. The fourth-order valence-corrected chi connectivity index (χ4v) is 2.05. The summed E-state index contributed by atoms with van der Waals surface area (Å²) in [5.74, 6) is 0.743. The van der Waals surface area contributed by atoms with Gasteiger partial charge in [0.15, 0.2) is 0 Å². The van der Waals surface area contributed by atoms with E-state index >= 15 is 0 Å². The highest BCUT2D eigenvalue weighted by atomic mass is 16.5. The highest BCUT2D eigenvalue weighted by molar-refractivity contribution is 4.72. The minimum atomic E-state index is 0.617. The molecule has 0 aromatic carbocycles. The number of hydrogen-bond acceptors (Lipinski definition) is 3. The second kappa shape index (κ2) is 7.20. The van der Waals surface area contributed by atoms with Gasteiger partial charge in [0.2, 0.25) is 0 Å². The van der Waals surface area contributed by atoms with Gasteiger partial charge in [0.25, 0.3) is 0 Å². The molecule has 90 valence electrons. The molecule has 1 aliphatic heterocycles. The van der Waals surface area contributed by atoms with Crippen LogP contribution in [0.2, 0.25) is 0 Å². The van der Waals surface area contributed by atoms with E-state index in [-0.39, 0.29) is 0 Å². The Bertz CT molecular complexity index is 158. The second-order valence-electron chi connectivity index (χ2n) is 4.68. The SMILES string of the molecule is CCNCC(C)N(C)CC1CCCOC1. The lowest BCUT2D eigenvalue weighted by Crippen LogP contribution is -2.41. The molecule has 0 aromatic heterocycles. The van der Waals surface area contributed by atoms with Crippen molar-refractivity contribution in [2.75, 3.05) is 39.9 Å². The molecule has 1 N–H and O–H groups in total. The normalized spacial score (nSPS) is 24.4. The fraction of sp³-hybridized carbons (Fsp3) is 1.00. The first-order chi connectivity index (χ1) is 7.24. The van der Waals surface area contributed by atoms with E-state index < -0.39 is 0 Å². The van der Waals surface area contributed by atoms with Crippen molar-refractivity contribution in [1.82, 2.24) is 10.2 Å². The molecule has 0 spiro atoms. The zero-order valence-electron chi connectivity index (χ0n) is 10.5. The molecule has 0 saturated carbocycles. The van der Waals surface area contributed by atoms with Crippen LogP contribution < -0.4 is 5.32 Å². The van der Waals surface area contributed by atoms with E-state index in [1.807, 2.05) is 0 Å². The lowest BCUT2D eigenvalue weighted by Gasteiger charge is -2.31. The summed E-state index contributed by atoms with van der Waals surface area (Å²) in [6.45, 7) is 9.68. The average Bonchev–Trinajstić information content (AvgIpc) is 2.27. The Kier molecular flexibility index (Phi) is 6.22. The van der Waals surface area contributed by atoms with E-state index in [4.69, 9.17) is 4.74 Å². The van der Waals surface area contributed by atoms with Gasteiger partial charge in [-0.15, -0.1) is 0 Å². The van der Waals surface area contributed by atoms with Crippen LogP contribution in [0.25, 0.3) is 0 Å². The molecule has 3 nitrogen and oxygen atoms in total. The summed E-state index contributed by atoms with van der Waals surface area (Å²) in [5, 5.41) is 3.39. The van der Waals surface area contributed by atoms with E-state index in [0.717, 1.165) is 32.2 Å². The Balaban J connectivity index is 2.17. The van der Waals surface area contributed by atoms with Gasteiger partial charge >= 0.3 is 0 Å². The van der Waals surface area contributed by atoms with Crippen LogP contribution in [0.5, 0.6) is 0 Å². The zero-order chi connectivity index (χ0) is 11.1. The molecule has 0 radical (unpaired) electrons. The molecular weight excluding hydrogens is 188 g/mol. The van der Waals surface area contributed by atoms with Gasteiger partial charge in [-0.2, -0.15) is 0 Å². The molecule has 2 unspecified atom stereocenters. The maximum atomic E-state index is 5.50. The number of likely N-dealkylation sites (N-methyl/N-ethyl adjacent to an activating group) is 2. The third kappa shape index (κ3) is 4.96. The summed E-state index contributed by atoms with van der Waals surface area (Å²) >= 11 is 0. The third-order valence-corrected chi connectivity index (χ3v) is 3.24. The van der Waals surface area contributed by atoms with Crippen LogP contribution in [-0.4, -0.2) is 50.8 Å². The topological polar surface area (TPSA) is 24.5 Å². The van der Waals surface area contributed by atoms with E-state index in [1.54, 1.807) is 0 Å². The largest absolute Gasteiger partial charge is 0.381 e. The smallest absolute Gasteiger partial charge is 0.0506 e. The summed E-state index contributed by atoms with van der Waals surface area (Å²) in [4.78, 5) is 2.45. The Morgan fingerprint density at radius 2 is 2.33 bits per heavy atom. The fourth-order valence-electron chi connectivity index (χ4n) is 2.05. The van der Waals surface area contributed by atoms with Crippen molar-refractivity contribution in [3.05, 3.63) is 0 Å². The molecule has 15 heavy (non-hydrogen) atoms. The van der Waals surface area contributed by atoms with Gasteiger partial charge in [0.1, 0.15) is 0 Å². The maximum absolute atomic E-state index is 5.50. The third-order valence-electron chi connectivity index (χ3n) is 3.24. The van der Waals surface area contributed by atoms with E-state index in [9.17, 15) is 0 Å². The molecule has 2 atom stereocenters. The lowest BCUT2D eigenvalue weighted by atomic mass is 10.0. The standard InChI is InChI=1S/C12H26N2O/c1-4-13-8-11(2)14(3)9-12-6-5-7-15-10-12/h11-13H,4-10H2,1-3H3. The summed E-state index contributed by atoms with van der Waals surface area (Å²) in [6, 6.07) is 0.617. The zero-order valence-corrected chi connectivity index (χ0v) is 10.5. The van der Waals surface area contributed by atoms with Crippen molar-refractivity contribution >= 4 is 0 Å². The van der Waals surface area contributed by atoms with Gasteiger partial charge in [0.05, 0.1) is 6.61 Å². The van der Waals surface area contributed by atoms with Crippen molar-refractivity contribution in [1.29, 1.82) is 0 Å². The highest BCUT2D eigenvalue weighted by Crippen LogP contribution is 2.15. The Morgan fingerprint density at radius 1 is 1.53 bits per heavy atom. The van der Waals surface area contributed by atoms with Gasteiger partial charge in [-0.1, -0.05) is 6.92 Å². The number of nitrogens with zero attached hydrogens (tertiary/aromatic N) is 1. The van der Waals surface area contributed by atoms with Gasteiger partial charge in [-0.3, -0.25) is 0 Å². The first-order valence-electron chi connectivity index (χ1n) is 6.22. The molecule has 0 bridgehead atoms. The van der Waals surface area contributed by atoms with E-state index in [2.05, 4.69) is 31.1 Å². The molecule has 3 heteroatoms. The Morgan fingerprint density at radius 3 is 2.93 bits per heavy atom. The van der Waals surface area contributed by atoms with Crippen molar-refractivity contribution in [2.45, 2.75) is 32.7 Å². The molecule has 1 rings (SSSR count). The van der Waals surface area contributed by atoms with Crippen LogP contribution in [0.3, 0.4) is 0 Å². The van der Waals surface area contributed by atoms with Crippen LogP contribution >= 0.6 is 0 Å². The summed E-state index contributed by atoms with van der Waals surface area (Å²) < 4.78 is 5.50. The van der Waals surface area contributed by atoms with Gasteiger partial charge in [-0.25, -0.2) is 0 Å². The van der Waals surface area contributed by atoms with Crippen LogP contribution in [0.4, 0.5) is 0 Å². The predicted octanol–water partition coefficient (Wildman–Crippen LogP) is 1.34. The molecule has 1 saturated heterocycles. The first-order valence-corrected chi connectivity index (χ1v) is 6.22. The van der Waals surface area contributed by atoms with E-state index in [0.29, 0.717) is 6.04 Å². The quantitative estimate of drug-likeness (QED) is 0.722. The number of hydrogen-bond donors (Lipinski definition) is 1. The summed E-state index contributed by atoms with van der Waals surface area (Å²) in [7, 11) is 2.22. The monoisotopic (exact) mass is 214 g/mol. The van der Waals surface area contributed by atoms with Crippen LogP contribution in [-0.2, 0) is 4.74 Å². The Hall–Kier alpha value is -0.120. The molecule has 1 heterocycles.